The van der Waals surface area contributed by atoms with Gasteiger partial charge < -0.3 is 11.1 Å². The van der Waals surface area contributed by atoms with Crippen LogP contribution in [0.5, 0.6) is 0 Å². The summed E-state index contributed by atoms with van der Waals surface area (Å²) in [6.45, 7) is 2.61. The highest BCUT2D eigenvalue weighted by Crippen LogP contribution is 2.48. The zero-order valence-corrected chi connectivity index (χ0v) is 15.2. The van der Waals surface area contributed by atoms with Crippen LogP contribution >= 0.6 is 24.0 Å². The van der Waals surface area contributed by atoms with Crippen LogP contribution in [0.3, 0.4) is 0 Å². The van der Waals surface area contributed by atoms with Crippen molar-refractivity contribution in [1.29, 1.82) is 0 Å². The van der Waals surface area contributed by atoms with Gasteiger partial charge in [-0.05, 0) is 43.0 Å². The third-order valence-corrected chi connectivity index (χ3v) is 4.85. The first kappa shape index (κ1) is 18.8. The molecule has 1 unspecified atom stereocenters. The van der Waals surface area contributed by atoms with Crippen molar-refractivity contribution in [2.45, 2.75) is 31.2 Å². The predicted octanol–water partition coefficient (Wildman–Crippen LogP) is 3.92. The molecule has 3 nitrogen and oxygen atoms in total. The fourth-order valence-electron chi connectivity index (χ4n) is 2.83. The van der Waals surface area contributed by atoms with Crippen molar-refractivity contribution in [3.63, 3.8) is 0 Å². The second-order valence-corrected chi connectivity index (χ2v) is 6.83. The Kier molecular flexibility index (Phi) is 5.92. The van der Waals surface area contributed by atoms with E-state index in [1.165, 1.54) is 5.56 Å². The largest absolute Gasteiger partial charge is 0.354 e. The monoisotopic (exact) mass is 364 g/mol. The molecule has 0 aliphatic heterocycles. The van der Waals surface area contributed by atoms with Crippen LogP contribution in [0.1, 0.15) is 35.6 Å². The normalized spacial score (nSPS) is 16.0. The maximum absolute atomic E-state index is 12.3. The second kappa shape index (κ2) is 7.56. The van der Waals surface area contributed by atoms with Gasteiger partial charge in [0.05, 0.1) is 0 Å². The maximum Gasteiger partial charge on any atom is 0.241 e. The average Bonchev–Trinajstić information content (AvgIpc) is 3.34. The Morgan fingerprint density at radius 2 is 1.92 bits per heavy atom. The summed E-state index contributed by atoms with van der Waals surface area (Å²) in [5.41, 5.74) is 9.26. The van der Waals surface area contributed by atoms with Gasteiger partial charge >= 0.3 is 0 Å². The van der Waals surface area contributed by atoms with Gasteiger partial charge in [0.2, 0.25) is 5.91 Å². The molecule has 1 amide bonds. The van der Waals surface area contributed by atoms with Gasteiger partial charge in [-0.25, -0.2) is 0 Å². The van der Waals surface area contributed by atoms with Crippen LogP contribution in [-0.4, -0.2) is 12.5 Å². The Labute approximate surface area is 154 Å². The summed E-state index contributed by atoms with van der Waals surface area (Å²) in [5, 5.41) is 3.74. The molecule has 2 aromatic rings. The molecule has 24 heavy (non-hydrogen) atoms. The molecule has 5 heteroatoms. The Balaban J connectivity index is 0.00000208. The van der Waals surface area contributed by atoms with E-state index in [9.17, 15) is 4.79 Å². The van der Waals surface area contributed by atoms with E-state index in [-0.39, 0.29) is 23.7 Å². The number of hydrogen-bond donors (Lipinski definition) is 2. The van der Waals surface area contributed by atoms with Crippen LogP contribution in [0.15, 0.2) is 48.5 Å². The van der Waals surface area contributed by atoms with E-state index in [0.717, 1.165) is 29.0 Å². The number of nitrogens with one attached hydrogen (secondary N) is 1. The molecule has 0 aromatic heterocycles. The summed E-state index contributed by atoms with van der Waals surface area (Å²) in [6.07, 6.45) is 2.13. The van der Waals surface area contributed by atoms with E-state index in [2.05, 4.69) is 11.4 Å². The molecule has 1 fully saturated rings. The minimum absolute atomic E-state index is 0. The number of benzene rings is 2. The molecule has 0 spiro atoms. The predicted molar refractivity (Wildman–Crippen MR) is 101 cm³/mol. The van der Waals surface area contributed by atoms with Crippen molar-refractivity contribution in [2.75, 3.05) is 6.54 Å². The van der Waals surface area contributed by atoms with E-state index in [1.54, 1.807) is 0 Å². The fraction of sp³-hybridized carbons (Fsp3) is 0.316. The molecule has 0 heterocycles. The highest BCUT2D eigenvalue weighted by Gasteiger charge is 2.44. The summed E-state index contributed by atoms with van der Waals surface area (Å²) in [4.78, 5) is 12.3. The summed E-state index contributed by atoms with van der Waals surface area (Å²) >= 11 is 6.08. The molecule has 0 saturated heterocycles. The van der Waals surface area contributed by atoms with Crippen LogP contribution in [0.4, 0.5) is 0 Å². The van der Waals surface area contributed by atoms with Crippen molar-refractivity contribution in [3.05, 3.63) is 70.2 Å². The topological polar surface area (TPSA) is 55.1 Å². The SMILES string of the molecule is Cc1ccc(C(N)C(=O)NCC2(c3cccc(Cl)c3)CC2)cc1.Cl. The molecule has 128 valence electrons. The lowest BCUT2D eigenvalue weighted by Crippen LogP contribution is -2.38. The molecule has 1 saturated carbocycles. The molecule has 3 N–H and O–H groups in total. The van der Waals surface area contributed by atoms with Gasteiger partial charge in [0, 0.05) is 17.0 Å². The minimum Gasteiger partial charge on any atom is -0.354 e. The van der Waals surface area contributed by atoms with Crippen LogP contribution in [-0.2, 0) is 10.2 Å². The lowest BCUT2D eigenvalue weighted by atomic mass is 9.95. The highest BCUT2D eigenvalue weighted by atomic mass is 35.5. The molecule has 1 atom stereocenters. The third kappa shape index (κ3) is 4.10. The maximum atomic E-state index is 12.3. The van der Waals surface area contributed by atoms with Crippen molar-refractivity contribution in [1.82, 2.24) is 5.32 Å². The number of aryl methyl sites for hydroxylation is 1. The smallest absolute Gasteiger partial charge is 0.241 e. The Hall–Kier alpha value is -1.55. The molecule has 1 aliphatic carbocycles. The molecular formula is C19H22Cl2N2O. The Morgan fingerprint density at radius 1 is 1.25 bits per heavy atom. The zero-order chi connectivity index (χ0) is 16.4. The van der Waals surface area contributed by atoms with Crippen LogP contribution in [0, 0.1) is 6.92 Å². The van der Waals surface area contributed by atoms with Crippen LogP contribution in [0.25, 0.3) is 0 Å². The van der Waals surface area contributed by atoms with Gasteiger partial charge in [0.25, 0.3) is 0 Å². The molecule has 0 radical (unpaired) electrons. The average molecular weight is 365 g/mol. The lowest BCUT2D eigenvalue weighted by molar-refractivity contribution is -0.122. The summed E-state index contributed by atoms with van der Waals surface area (Å²) in [5.74, 6) is -0.137. The number of rotatable bonds is 5. The first-order valence-electron chi connectivity index (χ1n) is 7.86. The quantitative estimate of drug-likeness (QED) is 0.844. The minimum atomic E-state index is -0.634. The van der Waals surface area contributed by atoms with E-state index in [0.29, 0.717) is 6.54 Å². The first-order chi connectivity index (χ1) is 11.0. The van der Waals surface area contributed by atoms with Gasteiger partial charge in [-0.2, -0.15) is 0 Å². The summed E-state index contributed by atoms with van der Waals surface area (Å²) in [6, 6.07) is 15.0. The second-order valence-electron chi connectivity index (χ2n) is 6.40. The number of carbonyl (C=O) groups is 1. The van der Waals surface area contributed by atoms with Gasteiger partial charge in [-0.3, -0.25) is 4.79 Å². The van der Waals surface area contributed by atoms with Gasteiger partial charge in [0.1, 0.15) is 6.04 Å². The molecular weight excluding hydrogens is 343 g/mol. The third-order valence-electron chi connectivity index (χ3n) is 4.61. The fourth-order valence-corrected chi connectivity index (χ4v) is 3.02. The van der Waals surface area contributed by atoms with Crippen molar-refractivity contribution >= 4 is 29.9 Å². The van der Waals surface area contributed by atoms with Crippen molar-refractivity contribution < 1.29 is 4.79 Å². The molecule has 1 aliphatic rings. The lowest BCUT2D eigenvalue weighted by Gasteiger charge is -2.19. The van der Waals surface area contributed by atoms with Gasteiger partial charge in [-0.15, -0.1) is 12.4 Å². The van der Waals surface area contributed by atoms with Crippen molar-refractivity contribution in [2.24, 2.45) is 5.73 Å². The molecule has 0 bridgehead atoms. The number of halogens is 2. The van der Waals surface area contributed by atoms with E-state index in [4.69, 9.17) is 17.3 Å². The first-order valence-corrected chi connectivity index (χ1v) is 8.24. The van der Waals surface area contributed by atoms with E-state index >= 15 is 0 Å². The summed E-state index contributed by atoms with van der Waals surface area (Å²) in [7, 11) is 0. The number of carbonyl (C=O) groups excluding carboxylic acids is 1. The standard InChI is InChI=1S/C19H21ClN2O.ClH/c1-13-5-7-14(8-6-13)17(21)18(23)22-12-19(9-10-19)15-3-2-4-16(20)11-15;/h2-8,11,17H,9-10,12,21H2,1H3,(H,22,23);1H. The highest BCUT2D eigenvalue weighted by molar-refractivity contribution is 6.30. The Bertz CT molecular complexity index is 712. The number of hydrogen-bond acceptors (Lipinski definition) is 2. The van der Waals surface area contributed by atoms with Gasteiger partial charge in [0.15, 0.2) is 0 Å². The number of amides is 1. The van der Waals surface area contributed by atoms with Crippen molar-refractivity contribution in [3.8, 4) is 0 Å². The van der Waals surface area contributed by atoms with Crippen LogP contribution in [0.2, 0.25) is 5.02 Å². The van der Waals surface area contributed by atoms with Crippen LogP contribution < -0.4 is 11.1 Å². The number of nitrogens with two attached hydrogens (primary N) is 1. The molecule has 3 rings (SSSR count). The van der Waals surface area contributed by atoms with E-state index < -0.39 is 6.04 Å². The molecule has 2 aromatic carbocycles. The Morgan fingerprint density at radius 3 is 2.50 bits per heavy atom. The summed E-state index contributed by atoms with van der Waals surface area (Å²) < 4.78 is 0. The van der Waals surface area contributed by atoms with E-state index in [1.807, 2.05) is 49.4 Å². The van der Waals surface area contributed by atoms with Gasteiger partial charge in [-0.1, -0.05) is 53.6 Å². The zero-order valence-electron chi connectivity index (χ0n) is 13.6.